The molecule has 8 heteroatoms. The summed E-state index contributed by atoms with van der Waals surface area (Å²) in [5, 5.41) is 14.6. The molecule has 0 radical (unpaired) electrons. The molecule has 0 saturated heterocycles. The van der Waals surface area contributed by atoms with Crippen molar-refractivity contribution in [2.75, 3.05) is 5.32 Å². The number of fused-ring (bicyclic) bond motifs is 1. The molecule has 0 spiro atoms. The monoisotopic (exact) mass is 457 g/mol. The number of aromatic nitrogens is 4. The Balaban J connectivity index is 1.21. The van der Waals surface area contributed by atoms with Crippen LogP contribution >= 0.6 is 11.6 Å². The zero-order valence-electron chi connectivity index (χ0n) is 17.6. The highest BCUT2D eigenvalue weighted by molar-refractivity contribution is 6.30. The topological polar surface area (TPSA) is 74.0 Å². The number of benzene rings is 3. The van der Waals surface area contributed by atoms with Crippen LogP contribution in [0.4, 0.5) is 5.82 Å². The van der Waals surface area contributed by atoms with Gasteiger partial charge in [0.1, 0.15) is 5.75 Å². The lowest BCUT2D eigenvalue weighted by Crippen LogP contribution is -2.15. The molecule has 5 rings (SSSR count). The van der Waals surface area contributed by atoms with Crippen LogP contribution in [0.1, 0.15) is 16.1 Å². The van der Waals surface area contributed by atoms with Gasteiger partial charge in [0.15, 0.2) is 18.2 Å². The van der Waals surface area contributed by atoms with E-state index in [2.05, 4.69) is 39.8 Å². The summed E-state index contributed by atoms with van der Waals surface area (Å²) in [6.45, 7) is 0.780. The summed E-state index contributed by atoms with van der Waals surface area (Å²) < 4.78 is 8.99. The minimum Gasteiger partial charge on any atom is -0.471 e. The van der Waals surface area contributed by atoms with Crippen LogP contribution in [0.3, 0.4) is 0 Å². The number of rotatable bonds is 7. The molecule has 0 atom stereocenters. The molecule has 0 aliphatic rings. The number of carbonyl (C=O) groups is 1. The molecule has 0 aliphatic heterocycles. The van der Waals surface area contributed by atoms with E-state index in [1.807, 2.05) is 24.4 Å². The number of halogens is 1. The lowest BCUT2D eigenvalue weighted by molar-refractivity contribution is 0.101. The van der Waals surface area contributed by atoms with Gasteiger partial charge in [-0.05, 0) is 46.7 Å². The maximum atomic E-state index is 12.6. The minimum atomic E-state index is -0.337. The van der Waals surface area contributed by atoms with Crippen molar-refractivity contribution in [2.24, 2.45) is 0 Å². The Kier molecular flexibility index (Phi) is 5.78. The summed E-state index contributed by atoms with van der Waals surface area (Å²) in [6, 6.07) is 24.9. The number of ether oxygens (including phenoxy) is 1. The first kappa shape index (κ1) is 20.8. The van der Waals surface area contributed by atoms with Crippen molar-refractivity contribution in [1.29, 1.82) is 0 Å². The number of hydrogen-bond acceptors (Lipinski definition) is 4. The quantitative estimate of drug-likeness (QED) is 0.363. The summed E-state index contributed by atoms with van der Waals surface area (Å²) >= 11 is 5.87. The summed E-state index contributed by atoms with van der Waals surface area (Å²) in [4.78, 5) is 12.6. The van der Waals surface area contributed by atoms with Gasteiger partial charge in [-0.2, -0.15) is 10.2 Å². The number of amides is 1. The van der Waals surface area contributed by atoms with Crippen molar-refractivity contribution in [2.45, 2.75) is 13.3 Å². The van der Waals surface area contributed by atoms with Crippen LogP contribution in [-0.2, 0) is 13.3 Å². The van der Waals surface area contributed by atoms with E-state index in [0.29, 0.717) is 23.1 Å². The Bertz CT molecular complexity index is 1400. The summed E-state index contributed by atoms with van der Waals surface area (Å²) in [5.74, 6) is 0.792. The zero-order chi connectivity index (χ0) is 22.6. The third-order valence-corrected chi connectivity index (χ3v) is 5.40. The van der Waals surface area contributed by atoms with E-state index < -0.39 is 0 Å². The van der Waals surface area contributed by atoms with Crippen LogP contribution in [0.15, 0.2) is 91.3 Å². The second kappa shape index (κ2) is 9.18. The molecule has 7 nitrogen and oxygen atoms in total. The normalized spacial score (nSPS) is 10.9. The van der Waals surface area contributed by atoms with E-state index in [4.69, 9.17) is 16.3 Å². The van der Waals surface area contributed by atoms with Gasteiger partial charge < -0.3 is 10.1 Å². The molecule has 2 heterocycles. The summed E-state index contributed by atoms with van der Waals surface area (Å²) in [6.07, 6.45) is 3.53. The van der Waals surface area contributed by atoms with E-state index in [-0.39, 0.29) is 18.3 Å². The van der Waals surface area contributed by atoms with E-state index in [1.54, 1.807) is 52.0 Å². The highest BCUT2D eigenvalue weighted by Gasteiger charge is 2.12. The lowest BCUT2D eigenvalue weighted by atomic mass is 10.0. The maximum Gasteiger partial charge on any atom is 0.277 e. The van der Waals surface area contributed by atoms with Crippen molar-refractivity contribution in [1.82, 2.24) is 19.6 Å². The second-order valence-corrected chi connectivity index (χ2v) is 7.90. The van der Waals surface area contributed by atoms with Gasteiger partial charge in [-0.3, -0.25) is 9.48 Å². The Labute approximate surface area is 195 Å². The Morgan fingerprint density at radius 3 is 2.55 bits per heavy atom. The van der Waals surface area contributed by atoms with E-state index in [9.17, 15) is 4.79 Å². The molecule has 3 aromatic carbocycles. The fourth-order valence-electron chi connectivity index (χ4n) is 3.53. The van der Waals surface area contributed by atoms with Crippen molar-refractivity contribution in [3.05, 3.63) is 108 Å². The molecule has 1 amide bonds. The van der Waals surface area contributed by atoms with Gasteiger partial charge in [0.05, 0.1) is 6.54 Å². The van der Waals surface area contributed by atoms with Gasteiger partial charge in [0.25, 0.3) is 5.91 Å². The molecule has 2 aromatic heterocycles. The Hall–Kier alpha value is -4.10. The molecule has 5 aromatic rings. The van der Waals surface area contributed by atoms with Crippen LogP contribution in [0.25, 0.3) is 10.8 Å². The van der Waals surface area contributed by atoms with Gasteiger partial charge in [0, 0.05) is 23.5 Å². The first-order chi connectivity index (χ1) is 16.1. The SMILES string of the molecule is O=C(Nc1ccn(Cc2cccc3ccccc23)n1)c1ccn(COc2ccc(Cl)cc2)n1. The summed E-state index contributed by atoms with van der Waals surface area (Å²) in [5.41, 5.74) is 1.44. The Morgan fingerprint density at radius 1 is 0.879 bits per heavy atom. The molecule has 0 fully saturated rings. The average Bonchev–Trinajstić information content (AvgIpc) is 3.49. The van der Waals surface area contributed by atoms with Gasteiger partial charge in [0.2, 0.25) is 0 Å². The van der Waals surface area contributed by atoms with Crippen molar-refractivity contribution in [3.8, 4) is 5.75 Å². The van der Waals surface area contributed by atoms with Crippen molar-refractivity contribution < 1.29 is 9.53 Å². The number of nitrogens with one attached hydrogen (secondary N) is 1. The second-order valence-electron chi connectivity index (χ2n) is 7.46. The van der Waals surface area contributed by atoms with Crippen molar-refractivity contribution in [3.63, 3.8) is 0 Å². The van der Waals surface area contributed by atoms with E-state index >= 15 is 0 Å². The number of anilines is 1. The lowest BCUT2D eigenvalue weighted by Gasteiger charge is -2.07. The molecule has 0 unspecified atom stereocenters. The van der Waals surface area contributed by atoms with E-state index in [1.165, 1.54) is 10.8 Å². The largest absolute Gasteiger partial charge is 0.471 e. The molecule has 0 aliphatic carbocycles. The molecule has 1 N–H and O–H groups in total. The molecule has 0 saturated carbocycles. The fraction of sp³-hybridized carbons (Fsp3) is 0.0800. The highest BCUT2D eigenvalue weighted by atomic mass is 35.5. The first-order valence-electron chi connectivity index (χ1n) is 10.4. The fourth-order valence-corrected chi connectivity index (χ4v) is 3.65. The predicted molar refractivity (Wildman–Crippen MR) is 128 cm³/mol. The molecule has 0 bridgehead atoms. The Morgan fingerprint density at radius 2 is 1.67 bits per heavy atom. The van der Waals surface area contributed by atoms with Crippen LogP contribution in [0.2, 0.25) is 5.02 Å². The van der Waals surface area contributed by atoms with Crippen LogP contribution in [-0.4, -0.2) is 25.5 Å². The standard InChI is InChI=1S/C25H20ClN5O2/c26-20-8-10-21(11-9-20)33-17-31-14-12-23(28-31)25(32)27-24-13-15-30(29-24)16-19-6-3-5-18-4-1-2-7-22(18)19/h1-15H,16-17H2,(H,27,29,32). The zero-order valence-corrected chi connectivity index (χ0v) is 18.3. The van der Waals surface area contributed by atoms with Crippen LogP contribution in [0.5, 0.6) is 5.75 Å². The first-order valence-corrected chi connectivity index (χ1v) is 10.8. The van der Waals surface area contributed by atoms with Gasteiger partial charge in [-0.1, -0.05) is 54.1 Å². The minimum absolute atomic E-state index is 0.175. The average molecular weight is 458 g/mol. The number of hydrogen-bond donors (Lipinski definition) is 1. The number of nitrogens with zero attached hydrogens (tertiary/aromatic N) is 4. The smallest absolute Gasteiger partial charge is 0.277 e. The molecule has 164 valence electrons. The third kappa shape index (κ3) is 4.88. The van der Waals surface area contributed by atoms with Crippen LogP contribution < -0.4 is 10.1 Å². The van der Waals surface area contributed by atoms with Gasteiger partial charge in [-0.25, -0.2) is 4.68 Å². The van der Waals surface area contributed by atoms with Gasteiger partial charge in [-0.15, -0.1) is 0 Å². The maximum absolute atomic E-state index is 12.6. The van der Waals surface area contributed by atoms with Crippen molar-refractivity contribution >= 4 is 34.1 Å². The predicted octanol–water partition coefficient (Wildman–Crippen LogP) is 5.22. The molecular formula is C25H20ClN5O2. The third-order valence-electron chi connectivity index (χ3n) is 5.14. The van der Waals surface area contributed by atoms with Crippen LogP contribution in [0, 0.1) is 0 Å². The molecule has 33 heavy (non-hydrogen) atoms. The van der Waals surface area contributed by atoms with E-state index in [0.717, 1.165) is 5.56 Å². The molecular weight excluding hydrogens is 438 g/mol. The van der Waals surface area contributed by atoms with Gasteiger partial charge >= 0.3 is 0 Å². The highest BCUT2D eigenvalue weighted by Crippen LogP contribution is 2.20. The number of carbonyl (C=O) groups excluding carboxylic acids is 1. The summed E-state index contributed by atoms with van der Waals surface area (Å²) in [7, 11) is 0.